The van der Waals surface area contributed by atoms with Gasteiger partial charge in [-0.05, 0) is 89.1 Å². The van der Waals surface area contributed by atoms with Crippen LogP contribution >= 0.6 is 0 Å². The van der Waals surface area contributed by atoms with Crippen molar-refractivity contribution in [3.05, 3.63) is 30.6 Å². The van der Waals surface area contributed by atoms with E-state index in [0.29, 0.717) is 12.8 Å². The highest BCUT2D eigenvalue weighted by atomic mass is 16.2. The number of hydrogen-bond donors (Lipinski definition) is 2. The molecule has 4 saturated heterocycles. The predicted octanol–water partition coefficient (Wildman–Crippen LogP) is 2.83. The summed E-state index contributed by atoms with van der Waals surface area (Å²) in [5, 5.41) is 6.13. The summed E-state index contributed by atoms with van der Waals surface area (Å²) in [4.78, 5) is 36.3. The minimum atomic E-state index is -0.398. The van der Waals surface area contributed by atoms with E-state index < -0.39 is 6.04 Å². The average Bonchev–Trinajstić information content (AvgIpc) is 3.19. The van der Waals surface area contributed by atoms with Crippen LogP contribution < -0.4 is 25.3 Å². The van der Waals surface area contributed by atoms with Crippen molar-refractivity contribution in [1.82, 2.24) is 20.4 Å². The summed E-state index contributed by atoms with van der Waals surface area (Å²) in [5.74, 6) is 1.98. The second-order valence-electron chi connectivity index (χ2n) is 13.7. The molecular weight excluding hydrogens is 514 g/mol. The Labute approximate surface area is 245 Å². The van der Waals surface area contributed by atoms with E-state index in [4.69, 9.17) is 0 Å². The molecule has 1 unspecified atom stereocenters. The molecule has 224 valence electrons. The van der Waals surface area contributed by atoms with E-state index in [1.807, 2.05) is 11.9 Å². The topological polar surface area (TPSA) is 74.4 Å². The molecule has 41 heavy (non-hydrogen) atoms. The largest absolute Gasteiger partial charge is 0.371 e. The Hall–Kier alpha value is -2.62. The first-order chi connectivity index (χ1) is 19.7. The van der Waals surface area contributed by atoms with Gasteiger partial charge in [0, 0.05) is 70.5 Å². The van der Waals surface area contributed by atoms with Gasteiger partial charge < -0.3 is 24.9 Å². The van der Waals surface area contributed by atoms with Crippen LogP contribution in [-0.4, -0.2) is 99.1 Å². The smallest absolute Gasteiger partial charge is 0.249 e. The average molecular weight is 564 g/mol. The first kappa shape index (κ1) is 28.5. The molecule has 5 aliphatic rings. The highest BCUT2D eigenvalue weighted by Gasteiger charge is 2.39. The lowest BCUT2D eigenvalue weighted by molar-refractivity contribution is -0.134. The van der Waals surface area contributed by atoms with E-state index in [2.05, 4.69) is 68.9 Å². The Balaban J connectivity index is 0.987. The SMILES string of the molecule is C=C1N(C)c2cc(N3CCC(CN4CCC(CN5CCNC(C)(C)C5)CC4)CC3)ccc2N1C1CCC(=O)NC1=O. The van der Waals surface area contributed by atoms with Gasteiger partial charge in [0.15, 0.2) is 0 Å². The van der Waals surface area contributed by atoms with Crippen LogP contribution in [0.3, 0.4) is 0 Å². The van der Waals surface area contributed by atoms with E-state index in [0.717, 1.165) is 48.7 Å². The Kier molecular flexibility index (Phi) is 8.04. The lowest BCUT2D eigenvalue weighted by Gasteiger charge is -2.42. The molecule has 2 amide bonds. The number of carbonyl (C=O) groups excluding carboxylic acids is 2. The van der Waals surface area contributed by atoms with Crippen LogP contribution in [-0.2, 0) is 9.59 Å². The summed E-state index contributed by atoms with van der Waals surface area (Å²) in [6, 6.07) is 6.16. The zero-order valence-corrected chi connectivity index (χ0v) is 25.3. The van der Waals surface area contributed by atoms with Gasteiger partial charge in [-0.2, -0.15) is 0 Å². The van der Waals surface area contributed by atoms with Crippen molar-refractivity contribution in [1.29, 1.82) is 0 Å². The van der Waals surface area contributed by atoms with Gasteiger partial charge in [-0.25, -0.2) is 0 Å². The minimum Gasteiger partial charge on any atom is -0.371 e. The molecule has 0 saturated carbocycles. The fourth-order valence-corrected chi connectivity index (χ4v) is 7.75. The Bertz CT molecular complexity index is 1150. The molecule has 6 rings (SSSR count). The van der Waals surface area contributed by atoms with Crippen molar-refractivity contribution < 1.29 is 9.59 Å². The first-order valence-corrected chi connectivity index (χ1v) is 15.8. The second kappa shape index (κ2) is 11.6. The second-order valence-corrected chi connectivity index (χ2v) is 13.7. The third kappa shape index (κ3) is 6.13. The van der Waals surface area contributed by atoms with Crippen molar-refractivity contribution in [3.8, 4) is 0 Å². The minimum absolute atomic E-state index is 0.192. The van der Waals surface area contributed by atoms with Crippen molar-refractivity contribution in [2.24, 2.45) is 11.8 Å². The van der Waals surface area contributed by atoms with Crippen molar-refractivity contribution in [2.75, 3.05) is 80.7 Å². The number of carbonyl (C=O) groups is 2. The first-order valence-electron chi connectivity index (χ1n) is 15.8. The van der Waals surface area contributed by atoms with Crippen LogP contribution in [0.2, 0.25) is 0 Å². The molecule has 0 aliphatic carbocycles. The van der Waals surface area contributed by atoms with Crippen molar-refractivity contribution in [2.45, 2.75) is 64.0 Å². The predicted molar refractivity (Wildman–Crippen MR) is 165 cm³/mol. The Morgan fingerprint density at radius 2 is 1.59 bits per heavy atom. The Morgan fingerprint density at radius 1 is 0.902 bits per heavy atom. The fraction of sp³-hybridized carbons (Fsp3) is 0.688. The number of imide groups is 1. The molecule has 4 fully saturated rings. The number of nitrogens with zero attached hydrogens (tertiary/aromatic N) is 5. The van der Waals surface area contributed by atoms with Gasteiger partial charge in [0.25, 0.3) is 0 Å². The van der Waals surface area contributed by atoms with E-state index in [1.54, 1.807) is 0 Å². The number of nitrogens with one attached hydrogen (secondary N) is 2. The van der Waals surface area contributed by atoms with Gasteiger partial charge in [0.1, 0.15) is 11.9 Å². The highest BCUT2D eigenvalue weighted by Crippen LogP contribution is 2.44. The normalized spacial score (nSPS) is 27.0. The van der Waals surface area contributed by atoms with Crippen LogP contribution in [0.1, 0.15) is 52.4 Å². The summed E-state index contributed by atoms with van der Waals surface area (Å²) in [6.45, 7) is 19.6. The molecule has 9 heteroatoms. The standard InChI is InChI=1S/C32H49N7O2/c1-23-35(4)29-19-26(5-6-27(29)39(23)28-7-8-30(40)34-31(28)41)38-16-11-25(12-17-38)20-36-14-9-24(10-15-36)21-37-18-13-33-32(2,3)22-37/h5-6,19,24-25,28,33H,1,7-18,20-22H2,2-4H3,(H,34,40,41). The van der Waals surface area contributed by atoms with Gasteiger partial charge in [-0.1, -0.05) is 6.58 Å². The van der Waals surface area contributed by atoms with Crippen molar-refractivity contribution in [3.63, 3.8) is 0 Å². The maximum atomic E-state index is 12.6. The van der Waals surface area contributed by atoms with E-state index >= 15 is 0 Å². The number of fused-ring (bicyclic) bond motifs is 1. The molecule has 1 aromatic carbocycles. The number of likely N-dealkylation sites (tertiary alicyclic amines) is 1. The number of benzene rings is 1. The van der Waals surface area contributed by atoms with Gasteiger partial charge in [-0.15, -0.1) is 0 Å². The van der Waals surface area contributed by atoms with Crippen molar-refractivity contribution >= 4 is 28.9 Å². The number of piperidine rings is 3. The highest BCUT2D eigenvalue weighted by molar-refractivity contribution is 6.03. The third-order valence-electron chi connectivity index (χ3n) is 10.1. The van der Waals surface area contributed by atoms with Crippen LogP contribution in [0.15, 0.2) is 30.6 Å². The summed E-state index contributed by atoms with van der Waals surface area (Å²) in [5.41, 5.74) is 3.55. The quantitative estimate of drug-likeness (QED) is 0.512. The molecule has 0 bridgehead atoms. The summed E-state index contributed by atoms with van der Waals surface area (Å²) in [6.07, 6.45) is 6.02. The van der Waals surface area contributed by atoms with E-state index in [-0.39, 0.29) is 17.4 Å². The fourth-order valence-electron chi connectivity index (χ4n) is 7.75. The molecule has 9 nitrogen and oxygen atoms in total. The summed E-state index contributed by atoms with van der Waals surface area (Å²) < 4.78 is 0. The molecule has 5 heterocycles. The summed E-state index contributed by atoms with van der Waals surface area (Å²) in [7, 11) is 2.01. The maximum Gasteiger partial charge on any atom is 0.249 e. The van der Waals surface area contributed by atoms with Gasteiger partial charge in [0.05, 0.1) is 11.4 Å². The number of amides is 2. The zero-order valence-electron chi connectivity index (χ0n) is 25.3. The zero-order chi connectivity index (χ0) is 28.7. The van der Waals surface area contributed by atoms with Gasteiger partial charge >= 0.3 is 0 Å². The molecule has 1 atom stereocenters. The summed E-state index contributed by atoms with van der Waals surface area (Å²) >= 11 is 0. The monoisotopic (exact) mass is 563 g/mol. The number of hydrogen-bond acceptors (Lipinski definition) is 8. The number of anilines is 3. The molecule has 1 aromatic rings. The maximum absolute atomic E-state index is 12.6. The van der Waals surface area contributed by atoms with Gasteiger partial charge in [0.2, 0.25) is 11.8 Å². The van der Waals surface area contributed by atoms with Gasteiger partial charge in [-0.3, -0.25) is 19.8 Å². The van der Waals surface area contributed by atoms with E-state index in [9.17, 15) is 9.59 Å². The molecule has 5 aliphatic heterocycles. The number of rotatable bonds is 6. The molecular formula is C32H49N7O2. The third-order valence-corrected chi connectivity index (χ3v) is 10.1. The van der Waals surface area contributed by atoms with E-state index in [1.165, 1.54) is 70.6 Å². The van der Waals surface area contributed by atoms with Crippen LogP contribution in [0.5, 0.6) is 0 Å². The molecule has 0 radical (unpaired) electrons. The van der Waals surface area contributed by atoms with Crippen LogP contribution in [0.25, 0.3) is 0 Å². The molecule has 0 aromatic heterocycles. The number of piperazine rings is 1. The van der Waals surface area contributed by atoms with Crippen LogP contribution in [0.4, 0.5) is 17.1 Å². The molecule has 0 spiro atoms. The lowest BCUT2D eigenvalue weighted by atomic mass is 9.91. The lowest BCUT2D eigenvalue weighted by Crippen LogP contribution is -2.58. The van der Waals surface area contributed by atoms with Crippen LogP contribution in [0, 0.1) is 11.8 Å². The molecule has 2 N–H and O–H groups in total. The Morgan fingerprint density at radius 3 is 2.27 bits per heavy atom.